The number of rotatable bonds is 4. The SMILES string of the molecule is Cc1c(C(=O)NCc2cccc(CN)c2)cnn1C. The molecule has 0 saturated carbocycles. The number of aromatic nitrogens is 2. The number of carbonyl (C=O) groups excluding carboxylic acids is 1. The molecule has 100 valence electrons. The van der Waals surface area contributed by atoms with Crippen molar-refractivity contribution in [1.82, 2.24) is 15.1 Å². The van der Waals surface area contributed by atoms with E-state index in [9.17, 15) is 4.79 Å². The zero-order valence-electron chi connectivity index (χ0n) is 11.2. The molecular formula is C14H18N4O. The maximum absolute atomic E-state index is 12.0. The maximum Gasteiger partial charge on any atom is 0.255 e. The van der Waals surface area contributed by atoms with Crippen LogP contribution in [0.4, 0.5) is 0 Å². The number of amides is 1. The minimum absolute atomic E-state index is 0.108. The summed E-state index contributed by atoms with van der Waals surface area (Å²) in [6, 6.07) is 7.88. The Bertz CT molecular complexity index is 589. The molecule has 0 spiro atoms. The first kappa shape index (κ1) is 13.3. The van der Waals surface area contributed by atoms with Gasteiger partial charge in [-0.15, -0.1) is 0 Å². The fraction of sp³-hybridized carbons (Fsp3) is 0.286. The van der Waals surface area contributed by atoms with E-state index in [0.717, 1.165) is 16.8 Å². The number of hydrogen-bond acceptors (Lipinski definition) is 3. The quantitative estimate of drug-likeness (QED) is 0.863. The minimum atomic E-state index is -0.108. The Morgan fingerprint density at radius 3 is 2.79 bits per heavy atom. The van der Waals surface area contributed by atoms with Crippen molar-refractivity contribution >= 4 is 5.91 Å². The lowest BCUT2D eigenvalue weighted by Crippen LogP contribution is -2.23. The smallest absolute Gasteiger partial charge is 0.255 e. The van der Waals surface area contributed by atoms with Crippen LogP contribution in [0, 0.1) is 6.92 Å². The highest BCUT2D eigenvalue weighted by Crippen LogP contribution is 2.07. The Hall–Kier alpha value is -2.14. The van der Waals surface area contributed by atoms with Gasteiger partial charge in [-0.1, -0.05) is 24.3 Å². The molecule has 0 fully saturated rings. The third-order valence-electron chi connectivity index (χ3n) is 3.16. The lowest BCUT2D eigenvalue weighted by molar-refractivity contribution is 0.0950. The van der Waals surface area contributed by atoms with Crippen molar-refractivity contribution in [1.29, 1.82) is 0 Å². The Kier molecular flexibility index (Phi) is 3.97. The number of nitrogens with one attached hydrogen (secondary N) is 1. The predicted molar refractivity (Wildman–Crippen MR) is 73.4 cm³/mol. The molecule has 0 aliphatic carbocycles. The van der Waals surface area contributed by atoms with Gasteiger partial charge >= 0.3 is 0 Å². The third kappa shape index (κ3) is 3.00. The second-order valence-corrected chi connectivity index (χ2v) is 4.47. The lowest BCUT2D eigenvalue weighted by atomic mass is 10.1. The van der Waals surface area contributed by atoms with Crippen molar-refractivity contribution in [2.45, 2.75) is 20.0 Å². The van der Waals surface area contributed by atoms with E-state index < -0.39 is 0 Å². The molecular weight excluding hydrogens is 240 g/mol. The fourth-order valence-electron chi connectivity index (χ4n) is 1.87. The molecule has 2 aromatic rings. The number of nitrogens with two attached hydrogens (primary N) is 1. The number of aryl methyl sites for hydroxylation is 1. The van der Waals surface area contributed by atoms with E-state index in [4.69, 9.17) is 5.73 Å². The van der Waals surface area contributed by atoms with Gasteiger partial charge in [-0.2, -0.15) is 5.10 Å². The van der Waals surface area contributed by atoms with Gasteiger partial charge < -0.3 is 11.1 Å². The summed E-state index contributed by atoms with van der Waals surface area (Å²) in [6.07, 6.45) is 1.58. The lowest BCUT2D eigenvalue weighted by Gasteiger charge is -2.06. The molecule has 19 heavy (non-hydrogen) atoms. The molecule has 0 atom stereocenters. The van der Waals surface area contributed by atoms with Crippen molar-refractivity contribution in [3.8, 4) is 0 Å². The van der Waals surface area contributed by atoms with Crippen molar-refractivity contribution in [3.05, 3.63) is 52.8 Å². The van der Waals surface area contributed by atoms with E-state index in [2.05, 4.69) is 10.4 Å². The van der Waals surface area contributed by atoms with Gasteiger partial charge in [-0.05, 0) is 18.1 Å². The maximum atomic E-state index is 12.0. The van der Waals surface area contributed by atoms with Gasteiger partial charge in [0.1, 0.15) is 0 Å². The van der Waals surface area contributed by atoms with Gasteiger partial charge in [-0.25, -0.2) is 0 Å². The molecule has 0 aliphatic rings. The summed E-state index contributed by atoms with van der Waals surface area (Å²) in [5, 5.41) is 6.95. The van der Waals surface area contributed by atoms with Gasteiger partial charge in [0, 0.05) is 25.8 Å². The number of benzene rings is 1. The molecule has 1 amide bonds. The van der Waals surface area contributed by atoms with Crippen LogP contribution in [0.5, 0.6) is 0 Å². The van der Waals surface area contributed by atoms with Crippen LogP contribution in [-0.2, 0) is 20.1 Å². The molecule has 0 unspecified atom stereocenters. The van der Waals surface area contributed by atoms with E-state index in [-0.39, 0.29) is 5.91 Å². The van der Waals surface area contributed by atoms with Gasteiger partial charge in [0.25, 0.3) is 5.91 Å². The Labute approximate surface area is 112 Å². The first-order valence-electron chi connectivity index (χ1n) is 6.16. The second-order valence-electron chi connectivity index (χ2n) is 4.47. The zero-order chi connectivity index (χ0) is 13.8. The second kappa shape index (κ2) is 5.67. The van der Waals surface area contributed by atoms with Crippen LogP contribution in [0.1, 0.15) is 27.2 Å². The van der Waals surface area contributed by atoms with Gasteiger partial charge in [-0.3, -0.25) is 9.48 Å². The number of carbonyl (C=O) groups is 1. The predicted octanol–water partition coefficient (Wildman–Crippen LogP) is 1.12. The summed E-state index contributed by atoms with van der Waals surface area (Å²) < 4.78 is 1.68. The third-order valence-corrected chi connectivity index (χ3v) is 3.16. The molecule has 1 heterocycles. The van der Waals surface area contributed by atoms with Crippen LogP contribution in [0.2, 0.25) is 0 Å². The summed E-state index contributed by atoms with van der Waals surface area (Å²) in [6.45, 7) is 2.86. The highest BCUT2D eigenvalue weighted by molar-refractivity contribution is 5.94. The molecule has 5 nitrogen and oxygen atoms in total. The Balaban J connectivity index is 2.02. The topological polar surface area (TPSA) is 72.9 Å². The average Bonchev–Trinajstić information content (AvgIpc) is 2.77. The van der Waals surface area contributed by atoms with Crippen LogP contribution in [0.3, 0.4) is 0 Å². The first-order valence-corrected chi connectivity index (χ1v) is 6.16. The number of hydrogen-bond donors (Lipinski definition) is 2. The zero-order valence-corrected chi connectivity index (χ0v) is 11.2. The number of nitrogens with zero attached hydrogens (tertiary/aromatic N) is 2. The molecule has 1 aromatic heterocycles. The van der Waals surface area contributed by atoms with Crippen molar-refractivity contribution in [3.63, 3.8) is 0 Å². The van der Waals surface area contributed by atoms with Gasteiger partial charge in [0.15, 0.2) is 0 Å². The monoisotopic (exact) mass is 258 g/mol. The highest BCUT2D eigenvalue weighted by atomic mass is 16.1. The summed E-state index contributed by atoms with van der Waals surface area (Å²) in [7, 11) is 1.82. The van der Waals surface area contributed by atoms with E-state index in [1.807, 2.05) is 38.2 Å². The van der Waals surface area contributed by atoms with Crippen molar-refractivity contribution in [2.75, 3.05) is 0 Å². The highest BCUT2D eigenvalue weighted by Gasteiger charge is 2.12. The fourth-order valence-corrected chi connectivity index (χ4v) is 1.87. The largest absolute Gasteiger partial charge is 0.348 e. The van der Waals surface area contributed by atoms with E-state index in [1.165, 1.54) is 0 Å². The summed E-state index contributed by atoms with van der Waals surface area (Å²) in [5.41, 5.74) is 9.15. The minimum Gasteiger partial charge on any atom is -0.348 e. The van der Waals surface area contributed by atoms with E-state index in [1.54, 1.807) is 10.9 Å². The molecule has 3 N–H and O–H groups in total. The van der Waals surface area contributed by atoms with E-state index in [0.29, 0.717) is 18.7 Å². The van der Waals surface area contributed by atoms with Crippen LogP contribution < -0.4 is 11.1 Å². The van der Waals surface area contributed by atoms with Crippen LogP contribution in [0.15, 0.2) is 30.5 Å². The summed E-state index contributed by atoms with van der Waals surface area (Å²) in [5.74, 6) is -0.108. The van der Waals surface area contributed by atoms with Crippen LogP contribution in [0.25, 0.3) is 0 Å². The molecule has 0 aliphatic heterocycles. The average molecular weight is 258 g/mol. The molecule has 0 radical (unpaired) electrons. The van der Waals surface area contributed by atoms with E-state index >= 15 is 0 Å². The first-order chi connectivity index (χ1) is 9.11. The van der Waals surface area contributed by atoms with Gasteiger partial charge in [0.05, 0.1) is 11.8 Å². The molecule has 5 heteroatoms. The Morgan fingerprint density at radius 1 is 1.42 bits per heavy atom. The van der Waals surface area contributed by atoms with Crippen molar-refractivity contribution < 1.29 is 4.79 Å². The molecule has 1 aromatic carbocycles. The molecule has 0 bridgehead atoms. The standard InChI is InChI=1S/C14H18N4O/c1-10-13(9-17-18(10)2)14(19)16-8-12-5-3-4-11(6-12)7-15/h3-6,9H,7-8,15H2,1-2H3,(H,16,19). The summed E-state index contributed by atoms with van der Waals surface area (Å²) >= 11 is 0. The Morgan fingerprint density at radius 2 is 2.16 bits per heavy atom. The molecule has 2 rings (SSSR count). The van der Waals surface area contributed by atoms with Gasteiger partial charge in [0.2, 0.25) is 0 Å². The molecule has 0 saturated heterocycles. The van der Waals surface area contributed by atoms with Crippen LogP contribution in [-0.4, -0.2) is 15.7 Å². The normalized spacial score (nSPS) is 10.5. The summed E-state index contributed by atoms with van der Waals surface area (Å²) in [4.78, 5) is 12.0. The van der Waals surface area contributed by atoms with Crippen LogP contribution >= 0.6 is 0 Å². The van der Waals surface area contributed by atoms with Crippen molar-refractivity contribution in [2.24, 2.45) is 12.8 Å².